The smallest absolute Gasteiger partial charge is 0.251 e. The number of hydrogen-bond acceptors (Lipinski definition) is 4. The molecule has 0 unspecified atom stereocenters. The molecule has 0 spiro atoms. The summed E-state index contributed by atoms with van der Waals surface area (Å²) in [4.78, 5) is 30.6. The van der Waals surface area contributed by atoms with E-state index in [0.29, 0.717) is 28.5 Å². The van der Waals surface area contributed by atoms with E-state index in [4.69, 9.17) is 4.42 Å². The number of carbonyl (C=O) groups is 1. The summed E-state index contributed by atoms with van der Waals surface area (Å²) in [5.41, 5.74) is 1.73. The van der Waals surface area contributed by atoms with Crippen molar-refractivity contribution in [2.45, 2.75) is 13.8 Å². The molecule has 1 aromatic carbocycles. The molecule has 0 bridgehead atoms. The fraction of sp³-hybridized carbons (Fsp3) is 0.105. The Morgan fingerprint density at radius 1 is 1.20 bits per heavy atom. The molecular formula is C19H17N3O3. The van der Waals surface area contributed by atoms with Crippen LogP contribution in [0.3, 0.4) is 0 Å². The van der Waals surface area contributed by atoms with Gasteiger partial charge < -0.3 is 14.7 Å². The zero-order valence-electron chi connectivity index (χ0n) is 13.9. The Bertz CT molecular complexity index is 999. The number of hydrogen-bond donors (Lipinski definition) is 2. The minimum absolute atomic E-state index is 0.214. The molecule has 2 N–H and O–H groups in total. The van der Waals surface area contributed by atoms with Crippen LogP contribution in [0.1, 0.15) is 17.2 Å². The number of furan rings is 1. The summed E-state index contributed by atoms with van der Waals surface area (Å²) in [5, 5.41) is 2.77. The van der Waals surface area contributed by atoms with E-state index in [1.807, 2.05) is 19.1 Å². The minimum Gasteiger partial charge on any atom is -0.462 e. The minimum atomic E-state index is -0.281. The number of anilines is 1. The Hall–Kier alpha value is -3.41. The molecule has 0 aliphatic carbocycles. The highest BCUT2D eigenvalue weighted by Crippen LogP contribution is 2.19. The second-order valence-corrected chi connectivity index (χ2v) is 5.59. The fourth-order valence-corrected chi connectivity index (χ4v) is 2.34. The van der Waals surface area contributed by atoms with Crippen LogP contribution in [0.15, 0.2) is 57.8 Å². The van der Waals surface area contributed by atoms with Crippen LogP contribution in [-0.2, 0) is 4.79 Å². The fourth-order valence-electron chi connectivity index (χ4n) is 2.34. The topological polar surface area (TPSA) is 88.0 Å². The molecule has 1 amide bonds. The lowest BCUT2D eigenvalue weighted by Crippen LogP contribution is -2.10. The normalized spacial score (nSPS) is 11.0. The summed E-state index contributed by atoms with van der Waals surface area (Å²) in [6, 6.07) is 12.2. The Labute approximate surface area is 144 Å². The molecular weight excluding hydrogens is 318 g/mol. The van der Waals surface area contributed by atoms with Crippen LogP contribution >= 0.6 is 0 Å². The van der Waals surface area contributed by atoms with Gasteiger partial charge in [-0.3, -0.25) is 9.59 Å². The van der Waals surface area contributed by atoms with Gasteiger partial charge in [0.15, 0.2) is 0 Å². The van der Waals surface area contributed by atoms with Crippen molar-refractivity contribution in [2.75, 3.05) is 5.32 Å². The number of rotatable bonds is 4. The van der Waals surface area contributed by atoms with Gasteiger partial charge >= 0.3 is 0 Å². The summed E-state index contributed by atoms with van der Waals surface area (Å²) in [6.07, 6.45) is 3.00. The number of nitrogens with zero attached hydrogens (tertiary/aromatic N) is 1. The van der Waals surface area contributed by atoms with E-state index < -0.39 is 0 Å². The van der Waals surface area contributed by atoms with Gasteiger partial charge in [-0.2, -0.15) is 0 Å². The summed E-state index contributed by atoms with van der Waals surface area (Å²) >= 11 is 0. The van der Waals surface area contributed by atoms with Crippen molar-refractivity contribution in [3.05, 3.63) is 76.1 Å². The number of benzene rings is 1. The third kappa shape index (κ3) is 4.32. The standard InChI is InChI=1S/C19H17N3O3/c1-12-10-18(24)22-19(20-12)14-4-3-5-15(11-14)21-17(23)9-8-16-7-6-13(2)25-16/h3-11H,1-2H3,(H,21,23)(H,20,22,24)/b9-8-. The van der Waals surface area contributed by atoms with Crippen molar-refractivity contribution in [3.63, 3.8) is 0 Å². The SMILES string of the molecule is Cc1cc(=O)[nH]c(-c2cccc(NC(=O)/C=C\c3ccc(C)o3)c2)n1. The van der Waals surface area contributed by atoms with Gasteiger partial charge in [0.1, 0.15) is 17.3 Å². The molecule has 6 heteroatoms. The van der Waals surface area contributed by atoms with E-state index in [-0.39, 0.29) is 11.5 Å². The highest BCUT2D eigenvalue weighted by atomic mass is 16.3. The maximum atomic E-state index is 12.0. The Morgan fingerprint density at radius 2 is 2.04 bits per heavy atom. The Balaban J connectivity index is 1.76. The van der Waals surface area contributed by atoms with Crippen LogP contribution in [0.4, 0.5) is 5.69 Å². The number of aryl methyl sites for hydroxylation is 2. The van der Waals surface area contributed by atoms with E-state index >= 15 is 0 Å². The van der Waals surface area contributed by atoms with Crippen molar-refractivity contribution in [1.82, 2.24) is 9.97 Å². The molecule has 0 aliphatic rings. The van der Waals surface area contributed by atoms with Crippen LogP contribution in [0.2, 0.25) is 0 Å². The molecule has 6 nitrogen and oxygen atoms in total. The lowest BCUT2D eigenvalue weighted by Gasteiger charge is -2.06. The molecule has 0 fully saturated rings. The van der Waals surface area contributed by atoms with Gasteiger partial charge in [-0.15, -0.1) is 0 Å². The largest absolute Gasteiger partial charge is 0.462 e. The summed E-state index contributed by atoms with van der Waals surface area (Å²) in [5.74, 6) is 1.58. The van der Waals surface area contributed by atoms with Crippen molar-refractivity contribution in [1.29, 1.82) is 0 Å². The van der Waals surface area contributed by atoms with Gasteiger partial charge in [-0.05, 0) is 44.2 Å². The number of H-pyrrole nitrogens is 1. The molecule has 0 atom stereocenters. The molecule has 2 heterocycles. The average Bonchev–Trinajstić information content (AvgIpc) is 2.98. The van der Waals surface area contributed by atoms with Crippen LogP contribution in [-0.4, -0.2) is 15.9 Å². The van der Waals surface area contributed by atoms with Crippen LogP contribution < -0.4 is 10.9 Å². The predicted octanol–water partition coefficient (Wildman–Crippen LogP) is 3.30. The predicted molar refractivity (Wildman–Crippen MR) is 96.1 cm³/mol. The average molecular weight is 335 g/mol. The third-order valence-corrected chi connectivity index (χ3v) is 3.43. The first-order chi connectivity index (χ1) is 12.0. The quantitative estimate of drug-likeness (QED) is 0.716. The molecule has 25 heavy (non-hydrogen) atoms. The first-order valence-corrected chi connectivity index (χ1v) is 7.73. The molecule has 0 radical (unpaired) electrons. The van der Waals surface area contributed by atoms with Crippen LogP contribution in [0.5, 0.6) is 0 Å². The van der Waals surface area contributed by atoms with Gasteiger partial charge in [0.25, 0.3) is 5.56 Å². The van der Waals surface area contributed by atoms with E-state index in [9.17, 15) is 9.59 Å². The second-order valence-electron chi connectivity index (χ2n) is 5.59. The van der Waals surface area contributed by atoms with E-state index in [0.717, 1.165) is 5.76 Å². The molecule has 3 rings (SSSR count). The van der Waals surface area contributed by atoms with E-state index in [1.165, 1.54) is 12.1 Å². The van der Waals surface area contributed by atoms with Gasteiger partial charge in [-0.25, -0.2) is 4.98 Å². The summed E-state index contributed by atoms with van der Waals surface area (Å²) in [7, 11) is 0. The highest BCUT2D eigenvalue weighted by molar-refractivity contribution is 6.02. The molecule has 3 aromatic rings. The lowest BCUT2D eigenvalue weighted by molar-refractivity contribution is -0.111. The maximum absolute atomic E-state index is 12.0. The molecule has 0 saturated heterocycles. The monoisotopic (exact) mass is 335 g/mol. The van der Waals surface area contributed by atoms with E-state index in [2.05, 4.69) is 15.3 Å². The third-order valence-electron chi connectivity index (χ3n) is 3.43. The van der Waals surface area contributed by atoms with Gasteiger partial charge in [0, 0.05) is 29.1 Å². The first kappa shape index (κ1) is 16.4. The summed E-state index contributed by atoms with van der Waals surface area (Å²) < 4.78 is 5.37. The van der Waals surface area contributed by atoms with Crippen molar-refractivity contribution < 1.29 is 9.21 Å². The van der Waals surface area contributed by atoms with Gasteiger partial charge in [-0.1, -0.05) is 12.1 Å². The lowest BCUT2D eigenvalue weighted by atomic mass is 10.2. The number of aromatic nitrogens is 2. The molecule has 0 aliphatic heterocycles. The number of amides is 1. The number of aromatic amines is 1. The molecule has 2 aromatic heterocycles. The molecule has 0 saturated carbocycles. The zero-order chi connectivity index (χ0) is 17.8. The zero-order valence-corrected chi connectivity index (χ0v) is 13.9. The number of carbonyl (C=O) groups excluding carboxylic acids is 1. The second kappa shape index (κ2) is 7.00. The van der Waals surface area contributed by atoms with Crippen LogP contribution in [0, 0.1) is 13.8 Å². The first-order valence-electron chi connectivity index (χ1n) is 7.73. The van der Waals surface area contributed by atoms with Crippen molar-refractivity contribution in [2.24, 2.45) is 0 Å². The maximum Gasteiger partial charge on any atom is 0.251 e. The van der Waals surface area contributed by atoms with Crippen LogP contribution in [0.25, 0.3) is 17.5 Å². The van der Waals surface area contributed by atoms with Crippen molar-refractivity contribution in [3.8, 4) is 11.4 Å². The molecule has 126 valence electrons. The summed E-state index contributed by atoms with van der Waals surface area (Å²) in [6.45, 7) is 3.60. The van der Waals surface area contributed by atoms with E-state index in [1.54, 1.807) is 37.3 Å². The Morgan fingerprint density at radius 3 is 2.76 bits per heavy atom. The van der Waals surface area contributed by atoms with Gasteiger partial charge in [0.2, 0.25) is 5.91 Å². The number of nitrogens with one attached hydrogen (secondary N) is 2. The highest BCUT2D eigenvalue weighted by Gasteiger charge is 2.05. The Kier molecular flexibility index (Phi) is 4.61. The van der Waals surface area contributed by atoms with Gasteiger partial charge in [0.05, 0.1) is 0 Å². The van der Waals surface area contributed by atoms with Crippen molar-refractivity contribution >= 4 is 17.7 Å².